The van der Waals surface area contributed by atoms with Crippen LogP contribution in [0.2, 0.25) is 0 Å². The third kappa shape index (κ3) is 1640. The van der Waals surface area contributed by atoms with E-state index in [2.05, 4.69) is 0 Å². The smallest absolute Gasteiger partial charge is 0.152 e. The topological polar surface area (TPSA) is 131 Å². The molecular formula is H4BaN2O5. The van der Waals surface area contributed by atoms with Crippen LogP contribution < -0.4 is 0 Å². The van der Waals surface area contributed by atoms with E-state index in [0.29, 0.717) is 0 Å². The molecule has 0 saturated carbocycles. The van der Waals surface area contributed by atoms with Crippen molar-refractivity contribution in [2.24, 2.45) is 10.7 Å². The van der Waals surface area contributed by atoms with Crippen molar-refractivity contribution in [1.29, 1.82) is 0 Å². The Labute approximate surface area is 84.3 Å². The zero-order chi connectivity index (χ0) is 5.41. The van der Waals surface area contributed by atoms with Gasteiger partial charge in [0.1, 0.15) is 0 Å². The van der Waals surface area contributed by atoms with Crippen molar-refractivity contribution in [3.8, 4) is 0 Å². The fourth-order valence-electron chi connectivity index (χ4n) is 0. The van der Waals surface area contributed by atoms with Crippen LogP contribution in [0.15, 0.2) is 10.7 Å². The second-order valence-electron chi connectivity index (χ2n) is 0.163. The molecule has 0 aliphatic carbocycles. The van der Waals surface area contributed by atoms with Gasteiger partial charge in [-0.2, -0.15) is 0 Å². The molecule has 0 aliphatic rings. The second kappa shape index (κ2) is 54.1. The van der Waals surface area contributed by atoms with E-state index in [9.17, 15) is 0 Å². The predicted molar refractivity (Wildman–Crippen MR) is 24.5 cm³/mol. The van der Waals surface area contributed by atoms with Crippen molar-refractivity contribution >= 4 is 48.9 Å². The molecule has 8 heteroatoms. The summed E-state index contributed by atoms with van der Waals surface area (Å²) in [5.74, 6) is 0. The summed E-state index contributed by atoms with van der Waals surface area (Å²) >= 11 is 0. The normalized spacial score (nSPS) is 3.00. The molecule has 8 heavy (non-hydrogen) atoms. The largest absolute Gasteiger partial charge is 0.412 e. The fourth-order valence-corrected chi connectivity index (χ4v) is 0. The van der Waals surface area contributed by atoms with Gasteiger partial charge in [-0.15, -0.1) is 9.81 Å². The first-order valence-corrected chi connectivity index (χ1v) is 0.765. The maximum atomic E-state index is 8.11. The van der Waals surface area contributed by atoms with Gasteiger partial charge >= 0.3 is 0 Å². The van der Waals surface area contributed by atoms with Gasteiger partial charge in [-0.3, -0.25) is 0 Å². The molecule has 0 atom stereocenters. The van der Waals surface area contributed by atoms with Crippen molar-refractivity contribution in [1.82, 2.24) is 0 Å². The van der Waals surface area contributed by atoms with Gasteiger partial charge in [-0.1, -0.05) is 0 Å². The van der Waals surface area contributed by atoms with Crippen molar-refractivity contribution in [2.75, 3.05) is 0 Å². The van der Waals surface area contributed by atoms with Crippen LogP contribution in [0.3, 0.4) is 0 Å². The molecule has 0 aromatic rings. The summed E-state index contributed by atoms with van der Waals surface area (Å²) < 4.78 is 0. The van der Waals surface area contributed by atoms with Gasteiger partial charge in [0, 0.05) is 48.9 Å². The third-order valence-electron chi connectivity index (χ3n) is 0. The van der Waals surface area contributed by atoms with E-state index in [1.807, 2.05) is 0 Å². The van der Waals surface area contributed by atoms with Gasteiger partial charge in [0.2, 0.25) is 0 Å². The molecule has 0 fully saturated rings. The number of rotatable bonds is 0. The van der Waals surface area contributed by atoms with Gasteiger partial charge in [0.15, 0.2) is 10.7 Å². The molecule has 0 saturated heterocycles. The number of hydrogen-bond acceptors (Lipinski definition) is 4. The van der Waals surface area contributed by atoms with Crippen LogP contribution in [0.5, 0.6) is 0 Å². The van der Waals surface area contributed by atoms with Crippen LogP contribution in [0.25, 0.3) is 0 Å². The molecule has 0 heterocycles. The monoisotopic (exact) mass is 250 g/mol. The van der Waals surface area contributed by atoms with Crippen LogP contribution in [0.4, 0.5) is 0 Å². The first-order chi connectivity index (χ1) is 2.83. The van der Waals surface area contributed by atoms with Crippen molar-refractivity contribution in [3.05, 3.63) is 9.81 Å². The minimum Gasteiger partial charge on any atom is -0.412 e. The second-order valence-corrected chi connectivity index (χ2v) is 0.163. The van der Waals surface area contributed by atoms with Crippen LogP contribution in [0.1, 0.15) is 0 Å². The third-order valence-corrected chi connectivity index (χ3v) is 0. The van der Waals surface area contributed by atoms with E-state index < -0.39 is 0 Å². The Kier molecular flexibility index (Phi) is 161. The number of hydrogen-bond donors (Lipinski definition) is 2. The van der Waals surface area contributed by atoms with Crippen LogP contribution >= 0.6 is 0 Å². The molecule has 0 unspecified atom stereocenters. The number of nitrogens with zero attached hydrogens (tertiary/aromatic N) is 2. The summed E-state index contributed by atoms with van der Waals surface area (Å²) in [7, 11) is 0. The summed E-state index contributed by atoms with van der Waals surface area (Å²) in [5, 5.41) is 15.8. The Morgan fingerprint density at radius 1 is 1.00 bits per heavy atom. The van der Waals surface area contributed by atoms with E-state index in [4.69, 9.17) is 20.2 Å². The average Bonchev–Trinajstić information content (AvgIpc) is 1.39. The summed E-state index contributed by atoms with van der Waals surface area (Å²) in [6.07, 6.45) is 0. The molecule has 0 rings (SSSR count). The van der Waals surface area contributed by atoms with E-state index >= 15 is 0 Å². The molecule has 4 N–H and O–H groups in total. The Morgan fingerprint density at radius 2 is 1.00 bits per heavy atom. The summed E-state index contributed by atoms with van der Waals surface area (Å²) in [5.41, 5.74) is 0. The molecular weight excluding hydrogens is 245 g/mol. The molecule has 0 spiro atoms. The predicted octanol–water partition coefficient (Wildman–Crippen LogP) is -0.922. The van der Waals surface area contributed by atoms with Crippen LogP contribution in [-0.4, -0.2) is 64.8 Å². The molecule has 46 valence electrons. The van der Waals surface area contributed by atoms with E-state index in [1.54, 1.807) is 0 Å². The summed E-state index contributed by atoms with van der Waals surface area (Å²) in [4.78, 5) is 16.2. The van der Waals surface area contributed by atoms with Gasteiger partial charge in [0.25, 0.3) is 0 Å². The molecule has 7 nitrogen and oxygen atoms in total. The van der Waals surface area contributed by atoms with Gasteiger partial charge in [-0.05, 0) is 0 Å². The van der Waals surface area contributed by atoms with Crippen molar-refractivity contribution in [3.63, 3.8) is 0 Å². The van der Waals surface area contributed by atoms with E-state index in [1.165, 1.54) is 10.7 Å². The molecule has 0 bridgehead atoms. The average molecular weight is 249 g/mol. The molecule has 0 aromatic heterocycles. The van der Waals surface area contributed by atoms with Gasteiger partial charge in [-0.25, -0.2) is 0 Å². The molecule has 0 amide bonds. The van der Waals surface area contributed by atoms with Crippen molar-refractivity contribution in [2.45, 2.75) is 0 Å². The van der Waals surface area contributed by atoms with Crippen molar-refractivity contribution < 1.29 is 15.9 Å². The zero-order valence-electron chi connectivity index (χ0n) is 3.81. The molecule has 0 aromatic carbocycles. The van der Waals surface area contributed by atoms with E-state index in [-0.39, 0.29) is 54.4 Å². The molecule has 0 aliphatic heterocycles. The Hall–Kier alpha value is 0.331. The van der Waals surface area contributed by atoms with Gasteiger partial charge < -0.3 is 15.9 Å². The minimum absolute atomic E-state index is 0. The molecule has 2 radical (unpaired) electrons. The zero-order valence-corrected chi connectivity index (χ0v) is 8.25. The Balaban J connectivity index is -0.0000000160. The maximum absolute atomic E-state index is 8.11. The standard InChI is InChI=1S/Ba.2HNO2.H2O/c;2*2-1-3;/h;2*(H,2,3);1H2. The fraction of sp³-hybridized carbons (Fsp3) is 0. The summed E-state index contributed by atoms with van der Waals surface area (Å²) in [6.45, 7) is 0. The van der Waals surface area contributed by atoms with Gasteiger partial charge in [0.05, 0.1) is 0 Å². The SMILES string of the molecule is O.O=NO.O=NO.[Ba]. The summed E-state index contributed by atoms with van der Waals surface area (Å²) in [6, 6.07) is 0. The first kappa shape index (κ1) is 23.9. The quantitative estimate of drug-likeness (QED) is 0.326. The maximum Gasteiger partial charge on any atom is 0.152 e. The first-order valence-electron chi connectivity index (χ1n) is 0.765. The Morgan fingerprint density at radius 3 is 1.00 bits per heavy atom. The van der Waals surface area contributed by atoms with Crippen LogP contribution in [-0.2, 0) is 0 Å². The van der Waals surface area contributed by atoms with Crippen LogP contribution in [0, 0.1) is 9.81 Å². The minimum atomic E-state index is 0. The van der Waals surface area contributed by atoms with E-state index in [0.717, 1.165) is 0 Å². The Bertz CT molecular complexity index is 31.4.